The van der Waals surface area contributed by atoms with Crippen LogP contribution in [0.4, 0.5) is 0 Å². The Kier molecular flexibility index (Phi) is 3.19. The third kappa shape index (κ3) is 2.85. The summed E-state index contributed by atoms with van der Waals surface area (Å²) in [6.45, 7) is 0. The average Bonchev–Trinajstić information content (AvgIpc) is 2.07. The predicted molar refractivity (Wildman–Crippen MR) is 47.4 cm³/mol. The van der Waals surface area contributed by atoms with Gasteiger partial charge >= 0.3 is 0 Å². The molecule has 0 aliphatic carbocycles. The summed E-state index contributed by atoms with van der Waals surface area (Å²) in [5.41, 5.74) is 1.33. The minimum Gasteiger partial charge on any atom is -0.324 e. The molecule has 1 aromatic rings. The summed E-state index contributed by atoms with van der Waals surface area (Å²) in [5.74, 6) is 4.96. The SMILES string of the molecule is N/N=C/CCc1ccccc1. The maximum absolute atomic E-state index is 4.96. The molecule has 0 radical (unpaired) electrons. The molecule has 2 heteroatoms. The maximum atomic E-state index is 4.96. The predicted octanol–water partition coefficient (Wildman–Crippen LogP) is 1.56. The van der Waals surface area contributed by atoms with Crippen molar-refractivity contribution in [1.29, 1.82) is 0 Å². The van der Waals surface area contributed by atoms with E-state index in [1.165, 1.54) is 5.56 Å². The molecule has 2 nitrogen and oxygen atoms in total. The Morgan fingerprint density at radius 1 is 1.27 bits per heavy atom. The van der Waals surface area contributed by atoms with Crippen LogP contribution >= 0.6 is 0 Å². The lowest BCUT2D eigenvalue weighted by molar-refractivity contribution is 1.04. The van der Waals surface area contributed by atoms with E-state index in [2.05, 4.69) is 17.2 Å². The zero-order chi connectivity index (χ0) is 7.94. The van der Waals surface area contributed by atoms with Gasteiger partial charge in [0.25, 0.3) is 0 Å². The van der Waals surface area contributed by atoms with Crippen LogP contribution in [-0.4, -0.2) is 6.21 Å². The number of nitrogens with two attached hydrogens (primary N) is 1. The summed E-state index contributed by atoms with van der Waals surface area (Å²) in [4.78, 5) is 0. The lowest BCUT2D eigenvalue weighted by Gasteiger charge is -1.94. The molecule has 0 aliphatic heterocycles. The Hall–Kier alpha value is -1.31. The minimum absolute atomic E-state index is 0.917. The van der Waals surface area contributed by atoms with E-state index in [-0.39, 0.29) is 0 Å². The molecule has 0 bridgehead atoms. The fraction of sp³-hybridized carbons (Fsp3) is 0.222. The molecule has 0 aliphatic rings. The van der Waals surface area contributed by atoms with Gasteiger partial charge in [-0.1, -0.05) is 30.3 Å². The molecule has 1 rings (SSSR count). The second-order valence-corrected chi connectivity index (χ2v) is 2.36. The van der Waals surface area contributed by atoms with E-state index in [0.29, 0.717) is 0 Å². The van der Waals surface area contributed by atoms with Gasteiger partial charge in [0.15, 0.2) is 0 Å². The van der Waals surface area contributed by atoms with E-state index >= 15 is 0 Å². The van der Waals surface area contributed by atoms with Crippen LogP contribution < -0.4 is 5.84 Å². The quantitative estimate of drug-likeness (QED) is 0.394. The molecule has 1 aromatic carbocycles. The highest BCUT2D eigenvalue weighted by Crippen LogP contribution is 2.00. The lowest BCUT2D eigenvalue weighted by atomic mass is 10.1. The molecule has 0 atom stereocenters. The van der Waals surface area contributed by atoms with Gasteiger partial charge in [-0.3, -0.25) is 0 Å². The monoisotopic (exact) mass is 148 g/mol. The standard InChI is InChI=1S/C9H12N2/c10-11-8-4-7-9-5-2-1-3-6-9/h1-3,5-6,8H,4,7,10H2/b11-8+. The highest BCUT2D eigenvalue weighted by molar-refractivity contribution is 5.57. The Morgan fingerprint density at radius 3 is 2.64 bits per heavy atom. The van der Waals surface area contributed by atoms with Gasteiger partial charge < -0.3 is 5.84 Å². The molecule has 2 N–H and O–H groups in total. The highest BCUT2D eigenvalue weighted by atomic mass is 15.1. The number of nitrogens with zero attached hydrogens (tertiary/aromatic N) is 1. The van der Waals surface area contributed by atoms with Crippen molar-refractivity contribution in [2.75, 3.05) is 0 Å². The molecular formula is C9H12N2. The molecule has 58 valence electrons. The third-order valence-electron chi connectivity index (χ3n) is 1.51. The van der Waals surface area contributed by atoms with Crippen molar-refractivity contribution in [3.05, 3.63) is 35.9 Å². The first-order valence-electron chi connectivity index (χ1n) is 3.69. The molecule has 0 spiro atoms. The summed E-state index contributed by atoms with van der Waals surface area (Å²) in [7, 11) is 0. The van der Waals surface area contributed by atoms with Crippen molar-refractivity contribution >= 4 is 6.21 Å². The number of benzene rings is 1. The van der Waals surface area contributed by atoms with Crippen LogP contribution in [-0.2, 0) is 6.42 Å². The molecule has 11 heavy (non-hydrogen) atoms. The Morgan fingerprint density at radius 2 is 2.00 bits per heavy atom. The average molecular weight is 148 g/mol. The first-order valence-corrected chi connectivity index (χ1v) is 3.69. The number of rotatable bonds is 3. The Balaban J connectivity index is 2.39. The minimum atomic E-state index is 0.917. The van der Waals surface area contributed by atoms with Crippen LogP contribution in [0.2, 0.25) is 0 Å². The summed E-state index contributed by atoms with van der Waals surface area (Å²) >= 11 is 0. The van der Waals surface area contributed by atoms with Gasteiger partial charge in [0.2, 0.25) is 0 Å². The van der Waals surface area contributed by atoms with E-state index in [4.69, 9.17) is 5.84 Å². The van der Waals surface area contributed by atoms with Crippen LogP contribution in [0.3, 0.4) is 0 Å². The molecule has 0 saturated carbocycles. The summed E-state index contributed by atoms with van der Waals surface area (Å²) in [5, 5.41) is 3.43. The normalized spacial score (nSPS) is 10.5. The van der Waals surface area contributed by atoms with Gasteiger partial charge in [0.05, 0.1) is 0 Å². The number of hydrogen-bond donors (Lipinski definition) is 1. The fourth-order valence-electron chi connectivity index (χ4n) is 0.950. The first-order chi connectivity index (χ1) is 5.43. The van der Waals surface area contributed by atoms with Crippen molar-refractivity contribution in [3.63, 3.8) is 0 Å². The highest BCUT2D eigenvalue weighted by Gasteiger charge is 1.87. The van der Waals surface area contributed by atoms with E-state index in [1.807, 2.05) is 18.2 Å². The van der Waals surface area contributed by atoms with Gasteiger partial charge in [0.1, 0.15) is 0 Å². The molecule has 0 saturated heterocycles. The van der Waals surface area contributed by atoms with E-state index in [9.17, 15) is 0 Å². The van der Waals surface area contributed by atoms with Crippen LogP contribution in [0, 0.1) is 0 Å². The Labute approximate surface area is 66.7 Å². The van der Waals surface area contributed by atoms with Gasteiger partial charge in [0, 0.05) is 6.21 Å². The lowest BCUT2D eigenvalue weighted by Crippen LogP contribution is -1.87. The molecule has 0 unspecified atom stereocenters. The van der Waals surface area contributed by atoms with Crippen molar-refractivity contribution in [2.24, 2.45) is 10.9 Å². The maximum Gasteiger partial charge on any atom is 0.0243 e. The number of hydrogen-bond acceptors (Lipinski definition) is 2. The number of hydrazone groups is 1. The van der Waals surface area contributed by atoms with Crippen molar-refractivity contribution in [1.82, 2.24) is 0 Å². The molecule has 0 fully saturated rings. The van der Waals surface area contributed by atoms with Crippen LogP contribution in [0.25, 0.3) is 0 Å². The zero-order valence-electron chi connectivity index (χ0n) is 6.40. The van der Waals surface area contributed by atoms with Gasteiger partial charge in [-0.25, -0.2) is 0 Å². The zero-order valence-corrected chi connectivity index (χ0v) is 6.40. The Bertz CT molecular complexity index is 216. The van der Waals surface area contributed by atoms with Gasteiger partial charge in [-0.2, -0.15) is 5.10 Å². The fourth-order valence-corrected chi connectivity index (χ4v) is 0.950. The summed E-state index contributed by atoms with van der Waals surface area (Å²) < 4.78 is 0. The van der Waals surface area contributed by atoms with E-state index < -0.39 is 0 Å². The van der Waals surface area contributed by atoms with Crippen molar-refractivity contribution < 1.29 is 0 Å². The molecule has 0 heterocycles. The molecular weight excluding hydrogens is 136 g/mol. The second-order valence-electron chi connectivity index (χ2n) is 2.36. The number of aryl methyl sites for hydroxylation is 1. The van der Waals surface area contributed by atoms with Crippen LogP contribution in [0.1, 0.15) is 12.0 Å². The van der Waals surface area contributed by atoms with E-state index in [0.717, 1.165) is 12.8 Å². The smallest absolute Gasteiger partial charge is 0.0243 e. The largest absolute Gasteiger partial charge is 0.324 e. The van der Waals surface area contributed by atoms with Gasteiger partial charge in [-0.05, 0) is 18.4 Å². The van der Waals surface area contributed by atoms with E-state index in [1.54, 1.807) is 6.21 Å². The van der Waals surface area contributed by atoms with Crippen LogP contribution in [0.15, 0.2) is 35.4 Å². The van der Waals surface area contributed by atoms with Crippen LogP contribution in [0.5, 0.6) is 0 Å². The first kappa shape index (κ1) is 7.79. The summed E-state index contributed by atoms with van der Waals surface area (Å²) in [6, 6.07) is 10.3. The topological polar surface area (TPSA) is 38.4 Å². The second kappa shape index (κ2) is 4.50. The van der Waals surface area contributed by atoms with Gasteiger partial charge in [-0.15, -0.1) is 0 Å². The molecule has 0 amide bonds. The van der Waals surface area contributed by atoms with Crippen molar-refractivity contribution in [2.45, 2.75) is 12.8 Å². The molecule has 0 aromatic heterocycles. The third-order valence-corrected chi connectivity index (χ3v) is 1.51. The summed E-state index contributed by atoms with van der Waals surface area (Å²) in [6.07, 6.45) is 3.66. The van der Waals surface area contributed by atoms with Crippen molar-refractivity contribution in [3.8, 4) is 0 Å².